The maximum absolute atomic E-state index is 12.0. The fraction of sp³-hybridized carbons (Fsp3) is 0.467. The quantitative estimate of drug-likeness (QED) is 0.862. The number of benzene rings is 1. The Balaban J connectivity index is 1.90. The molecule has 1 aliphatic rings. The summed E-state index contributed by atoms with van der Waals surface area (Å²) < 4.78 is 5.18. The van der Waals surface area contributed by atoms with Crippen molar-refractivity contribution in [2.45, 2.75) is 6.42 Å². The topological polar surface area (TPSA) is 78.9 Å². The molecule has 1 aromatic rings. The molecular formula is C15H19ClN2O4. The Bertz CT molecular complexity index is 532. The van der Waals surface area contributed by atoms with Gasteiger partial charge in [-0.1, -0.05) is 29.8 Å². The number of nitrogens with zero attached hydrogens (tertiary/aromatic N) is 1. The van der Waals surface area contributed by atoms with Crippen molar-refractivity contribution in [3.8, 4) is 0 Å². The molecule has 0 radical (unpaired) electrons. The van der Waals surface area contributed by atoms with Crippen molar-refractivity contribution in [3.05, 3.63) is 34.9 Å². The molecular weight excluding hydrogens is 308 g/mol. The van der Waals surface area contributed by atoms with Crippen molar-refractivity contribution >= 4 is 23.6 Å². The van der Waals surface area contributed by atoms with Gasteiger partial charge in [0.15, 0.2) is 0 Å². The van der Waals surface area contributed by atoms with Gasteiger partial charge in [0, 0.05) is 24.7 Å². The second-order valence-corrected chi connectivity index (χ2v) is 5.52. The van der Waals surface area contributed by atoms with E-state index in [9.17, 15) is 14.7 Å². The Morgan fingerprint density at radius 2 is 2.00 bits per heavy atom. The van der Waals surface area contributed by atoms with Gasteiger partial charge >= 0.3 is 12.0 Å². The lowest BCUT2D eigenvalue weighted by atomic mass is 9.99. The zero-order valence-electron chi connectivity index (χ0n) is 12.1. The molecule has 0 saturated carbocycles. The average Bonchev–Trinajstić information content (AvgIpc) is 2.53. The van der Waals surface area contributed by atoms with E-state index in [0.29, 0.717) is 31.3 Å². The number of amides is 2. The van der Waals surface area contributed by atoms with Crippen molar-refractivity contribution < 1.29 is 19.4 Å². The minimum absolute atomic E-state index is 0.0662. The van der Waals surface area contributed by atoms with E-state index in [2.05, 4.69) is 5.32 Å². The molecule has 22 heavy (non-hydrogen) atoms. The van der Waals surface area contributed by atoms with Crippen LogP contribution in [-0.4, -0.2) is 54.9 Å². The number of carbonyl (C=O) groups excluding carboxylic acids is 1. The van der Waals surface area contributed by atoms with Crippen LogP contribution in [0.4, 0.5) is 4.79 Å². The number of urea groups is 1. The van der Waals surface area contributed by atoms with Gasteiger partial charge in [0.2, 0.25) is 0 Å². The van der Waals surface area contributed by atoms with Crippen molar-refractivity contribution in [2.24, 2.45) is 5.92 Å². The molecule has 7 heteroatoms. The summed E-state index contributed by atoms with van der Waals surface area (Å²) in [6.07, 6.45) is 0.276. The number of carbonyl (C=O) groups is 2. The van der Waals surface area contributed by atoms with Crippen molar-refractivity contribution in [1.82, 2.24) is 10.2 Å². The lowest BCUT2D eigenvalue weighted by Gasteiger charge is -2.27. The van der Waals surface area contributed by atoms with E-state index >= 15 is 0 Å². The Hall–Kier alpha value is -1.79. The van der Waals surface area contributed by atoms with Crippen LogP contribution in [-0.2, 0) is 16.0 Å². The highest BCUT2D eigenvalue weighted by atomic mass is 35.5. The van der Waals surface area contributed by atoms with Gasteiger partial charge in [-0.05, 0) is 18.1 Å². The van der Waals surface area contributed by atoms with E-state index in [4.69, 9.17) is 16.3 Å². The van der Waals surface area contributed by atoms with E-state index in [-0.39, 0.29) is 19.0 Å². The number of carboxylic acid groups (broad SMARTS) is 1. The normalized spacial score (nSPS) is 16.1. The summed E-state index contributed by atoms with van der Waals surface area (Å²) >= 11 is 6.06. The number of hydrogen-bond donors (Lipinski definition) is 2. The van der Waals surface area contributed by atoms with Crippen LogP contribution in [0.25, 0.3) is 0 Å². The number of carboxylic acids is 1. The van der Waals surface area contributed by atoms with Gasteiger partial charge in [-0.3, -0.25) is 4.79 Å². The predicted molar refractivity (Wildman–Crippen MR) is 82.1 cm³/mol. The Kier molecular flexibility index (Phi) is 6.03. The zero-order valence-corrected chi connectivity index (χ0v) is 12.9. The summed E-state index contributed by atoms with van der Waals surface area (Å²) in [6.45, 7) is 2.13. The third-order valence-corrected chi connectivity index (χ3v) is 3.94. The Morgan fingerprint density at radius 1 is 1.32 bits per heavy atom. The van der Waals surface area contributed by atoms with Crippen LogP contribution in [0.3, 0.4) is 0 Å². The van der Waals surface area contributed by atoms with Crippen LogP contribution in [0, 0.1) is 5.92 Å². The van der Waals surface area contributed by atoms with Gasteiger partial charge in [0.1, 0.15) is 0 Å². The largest absolute Gasteiger partial charge is 0.481 e. The summed E-state index contributed by atoms with van der Waals surface area (Å²) in [5.74, 6) is -1.67. The van der Waals surface area contributed by atoms with Gasteiger partial charge in [-0.25, -0.2) is 4.79 Å². The van der Waals surface area contributed by atoms with Crippen LogP contribution < -0.4 is 5.32 Å². The third kappa shape index (κ3) is 4.61. The molecule has 1 heterocycles. The molecule has 1 aromatic carbocycles. The summed E-state index contributed by atoms with van der Waals surface area (Å²) in [5, 5.41) is 12.5. The lowest BCUT2D eigenvalue weighted by molar-refractivity contribution is -0.141. The lowest BCUT2D eigenvalue weighted by Crippen LogP contribution is -2.48. The molecule has 0 aliphatic carbocycles. The molecule has 2 N–H and O–H groups in total. The Morgan fingerprint density at radius 3 is 2.64 bits per heavy atom. The van der Waals surface area contributed by atoms with Crippen molar-refractivity contribution in [1.29, 1.82) is 0 Å². The zero-order chi connectivity index (χ0) is 15.9. The minimum atomic E-state index is -0.956. The number of ether oxygens (including phenoxy) is 1. The number of nitrogens with one attached hydrogen (secondary N) is 1. The fourth-order valence-corrected chi connectivity index (χ4v) is 2.48. The van der Waals surface area contributed by atoms with Crippen LogP contribution >= 0.6 is 11.6 Å². The van der Waals surface area contributed by atoms with Gasteiger partial charge in [0.05, 0.1) is 19.1 Å². The molecule has 0 bridgehead atoms. The monoisotopic (exact) mass is 326 g/mol. The molecule has 0 aromatic heterocycles. The summed E-state index contributed by atoms with van der Waals surface area (Å²) in [6, 6.07) is 6.87. The fourth-order valence-electron chi connectivity index (χ4n) is 2.26. The van der Waals surface area contributed by atoms with Crippen LogP contribution in [0.5, 0.6) is 0 Å². The van der Waals surface area contributed by atoms with Gasteiger partial charge in [-0.2, -0.15) is 0 Å². The first-order valence-electron chi connectivity index (χ1n) is 7.14. The van der Waals surface area contributed by atoms with Crippen LogP contribution in [0.1, 0.15) is 5.56 Å². The van der Waals surface area contributed by atoms with E-state index in [1.807, 2.05) is 6.07 Å². The summed E-state index contributed by atoms with van der Waals surface area (Å²) in [7, 11) is 0. The SMILES string of the molecule is O=C(O)C(CNC(=O)N1CCOCC1)Cc1ccccc1Cl. The maximum Gasteiger partial charge on any atom is 0.317 e. The van der Waals surface area contributed by atoms with E-state index in [1.54, 1.807) is 23.1 Å². The van der Waals surface area contributed by atoms with Crippen LogP contribution in [0.15, 0.2) is 24.3 Å². The third-order valence-electron chi connectivity index (χ3n) is 3.57. The molecule has 1 fully saturated rings. The molecule has 2 amide bonds. The van der Waals surface area contributed by atoms with E-state index < -0.39 is 11.9 Å². The minimum Gasteiger partial charge on any atom is -0.481 e. The van der Waals surface area contributed by atoms with Crippen molar-refractivity contribution in [3.63, 3.8) is 0 Å². The number of morpholine rings is 1. The highest BCUT2D eigenvalue weighted by Crippen LogP contribution is 2.19. The molecule has 2 rings (SSSR count). The highest BCUT2D eigenvalue weighted by molar-refractivity contribution is 6.31. The molecule has 1 atom stereocenters. The van der Waals surface area contributed by atoms with Gasteiger partial charge in [-0.15, -0.1) is 0 Å². The number of halogens is 1. The maximum atomic E-state index is 12.0. The average molecular weight is 327 g/mol. The Labute approximate surface area is 134 Å². The summed E-state index contributed by atoms with van der Waals surface area (Å²) in [4.78, 5) is 25.0. The molecule has 1 aliphatic heterocycles. The van der Waals surface area contributed by atoms with Crippen molar-refractivity contribution in [2.75, 3.05) is 32.8 Å². The summed E-state index contributed by atoms with van der Waals surface area (Å²) in [5.41, 5.74) is 0.761. The van der Waals surface area contributed by atoms with Gasteiger partial charge in [0.25, 0.3) is 0 Å². The molecule has 120 valence electrons. The first-order valence-corrected chi connectivity index (χ1v) is 7.52. The molecule has 6 nitrogen and oxygen atoms in total. The second kappa shape index (κ2) is 8.00. The molecule has 1 saturated heterocycles. The molecule has 0 spiro atoms. The van der Waals surface area contributed by atoms with E-state index in [0.717, 1.165) is 5.56 Å². The first kappa shape index (κ1) is 16.6. The highest BCUT2D eigenvalue weighted by Gasteiger charge is 2.22. The van der Waals surface area contributed by atoms with Gasteiger partial charge < -0.3 is 20.1 Å². The predicted octanol–water partition coefficient (Wildman–Crippen LogP) is 1.63. The van der Waals surface area contributed by atoms with Crippen LogP contribution in [0.2, 0.25) is 5.02 Å². The van der Waals surface area contributed by atoms with E-state index in [1.165, 1.54) is 0 Å². The standard InChI is InChI=1S/C15H19ClN2O4/c16-13-4-2-1-3-11(13)9-12(14(19)20)10-17-15(21)18-5-7-22-8-6-18/h1-4,12H,5-10H2,(H,17,21)(H,19,20). The first-order chi connectivity index (χ1) is 10.6. The smallest absolute Gasteiger partial charge is 0.317 e. The number of hydrogen-bond acceptors (Lipinski definition) is 3. The number of rotatable bonds is 5. The molecule has 1 unspecified atom stereocenters. The second-order valence-electron chi connectivity index (χ2n) is 5.12. The number of aliphatic carboxylic acids is 1.